The van der Waals surface area contributed by atoms with E-state index in [1.54, 1.807) is 13.8 Å². The quantitative estimate of drug-likeness (QED) is 0.742. The number of hydrogen-bond donors (Lipinski definition) is 2. The average molecular weight is 385 g/mol. The fourth-order valence-electron chi connectivity index (χ4n) is 2.16. The van der Waals surface area contributed by atoms with Crippen LogP contribution in [0.25, 0.3) is 0 Å². The maximum atomic E-state index is 12.5. The molecule has 0 atom stereocenters. The van der Waals surface area contributed by atoms with Crippen molar-refractivity contribution in [1.29, 1.82) is 0 Å². The van der Waals surface area contributed by atoms with Gasteiger partial charge in [0.15, 0.2) is 5.69 Å². The van der Waals surface area contributed by atoms with Gasteiger partial charge in [-0.15, -0.1) is 11.3 Å². The van der Waals surface area contributed by atoms with Crippen LogP contribution in [0.15, 0.2) is 6.20 Å². The SMILES string of the molecule is CCOC(=O)c1c(NC(=O)c2nn(CC)cc2Cl)sc(C(N)=O)c1C. The molecule has 2 amide bonds. The van der Waals surface area contributed by atoms with E-state index in [1.807, 2.05) is 6.92 Å². The Morgan fingerprint density at radius 3 is 2.60 bits per heavy atom. The first-order chi connectivity index (χ1) is 11.8. The van der Waals surface area contributed by atoms with Gasteiger partial charge in [0, 0.05) is 12.7 Å². The number of nitrogens with one attached hydrogen (secondary N) is 1. The van der Waals surface area contributed by atoms with Gasteiger partial charge in [-0.05, 0) is 26.3 Å². The molecule has 3 N–H and O–H groups in total. The van der Waals surface area contributed by atoms with Gasteiger partial charge in [-0.2, -0.15) is 5.10 Å². The molecule has 0 unspecified atom stereocenters. The van der Waals surface area contributed by atoms with Crippen LogP contribution in [0.2, 0.25) is 5.02 Å². The van der Waals surface area contributed by atoms with E-state index in [0.717, 1.165) is 11.3 Å². The van der Waals surface area contributed by atoms with E-state index in [4.69, 9.17) is 22.1 Å². The Morgan fingerprint density at radius 2 is 2.08 bits per heavy atom. The largest absolute Gasteiger partial charge is 0.462 e. The fourth-order valence-corrected chi connectivity index (χ4v) is 3.44. The topological polar surface area (TPSA) is 116 Å². The molecule has 0 radical (unpaired) electrons. The van der Waals surface area contributed by atoms with E-state index in [0.29, 0.717) is 12.1 Å². The van der Waals surface area contributed by atoms with Crippen molar-refractivity contribution in [2.75, 3.05) is 11.9 Å². The fraction of sp³-hybridized carbons (Fsp3) is 0.333. The Labute approximate surface area is 152 Å². The number of nitrogens with zero attached hydrogens (tertiary/aromatic N) is 2. The van der Waals surface area contributed by atoms with Crippen molar-refractivity contribution < 1.29 is 19.1 Å². The summed E-state index contributed by atoms with van der Waals surface area (Å²) in [4.78, 5) is 36.4. The Balaban J connectivity index is 2.42. The highest BCUT2D eigenvalue weighted by molar-refractivity contribution is 7.18. The number of halogens is 1. The summed E-state index contributed by atoms with van der Waals surface area (Å²) < 4.78 is 6.51. The zero-order chi connectivity index (χ0) is 18.7. The zero-order valence-corrected chi connectivity index (χ0v) is 15.5. The molecular formula is C15H17ClN4O4S. The molecule has 0 aliphatic rings. The van der Waals surface area contributed by atoms with Crippen LogP contribution in [0.1, 0.15) is 49.9 Å². The van der Waals surface area contributed by atoms with Crippen LogP contribution in [0.4, 0.5) is 5.00 Å². The summed E-state index contributed by atoms with van der Waals surface area (Å²) in [6.07, 6.45) is 1.53. The molecule has 2 heterocycles. The molecule has 25 heavy (non-hydrogen) atoms. The smallest absolute Gasteiger partial charge is 0.341 e. The minimum absolute atomic E-state index is 0.0185. The van der Waals surface area contributed by atoms with Gasteiger partial charge < -0.3 is 15.8 Å². The number of esters is 1. The minimum Gasteiger partial charge on any atom is -0.462 e. The zero-order valence-electron chi connectivity index (χ0n) is 13.9. The number of aryl methyl sites for hydroxylation is 1. The van der Waals surface area contributed by atoms with Crippen molar-refractivity contribution in [3.63, 3.8) is 0 Å². The molecule has 2 rings (SSSR count). The molecule has 0 aliphatic heterocycles. The molecule has 0 saturated heterocycles. The average Bonchev–Trinajstić information content (AvgIpc) is 3.07. The Hall–Kier alpha value is -2.39. The van der Waals surface area contributed by atoms with E-state index in [1.165, 1.54) is 10.9 Å². The van der Waals surface area contributed by atoms with Gasteiger partial charge in [0.2, 0.25) is 0 Å². The minimum atomic E-state index is -0.693. The number of hydrogen-bond acceptors (Lipinski definition) is 6. The molecule has 0 fully saturated rings. The number of thiophene rings is 1. The van der Waals surface area contributed by atoms with Crippen molar-refractivity contribution in [3.05, 3.63) is 32.9 Å². The maximum absolute atomic E-state index is 12.5. The van der Waals surface area contributed by atoms with E-state index < -0.39 is 17.8 Å². The molecule has 0 aliphatic carbocycles. The summed E-state index contributed by atoms with van der Waals surface area (Å²) in [7, 11) is 0. The van der Waals surface area contributed by atoms with Crippen LogP contribution < -0.4 is 11.1 Å². The van der Waals surface area contributed by atoms with Crippen molar-refractivity contribution in [2.45, 2.75) is 27.3 Å². The molecule has 8 nitrogen and oxygen atoms in total. The highest BCUT2D eigenvalue weighted by atomic mass is 35.5. The second-order valence-corrected chi connectivity index (χ2v) is 6.41. The third-order valence-corrected chi connectivity index (χ3v) is 4.83. The van der Waals surface area contributed by atoms with Gasteiger partial charge in [0.25, 0.3) is 11.8 Å². The van der Waals surface area contributed by atoms with Crippen LogP contribution in [-0.4, -0.2) is 34.2 Å². The monoisotopic (exact) mass is 384 g/mol. The number of carbonyl (C=O) groups excluding carboxylic acids is 3. The predicted octanol–water partition coefficient (Wildman–Crippen LogP) is 2.45. The lowest BCUT2D eigenvalue weighted by Gasteiger charge is -2.06. The molecule has 2 aromatic rings. The molecule has 0 spiro atoms. The summed E-state index contributed by atoms with van der Waals surface area (Å²) in [5, 5.41) is 6.98. The van der Waals surface area contributed by atoms with E-state index >= 15 is 0 Å². The number of rotatable bonds is 6. The number of carbonyl (C=O) groups is 3. The van der Waals surface area contributed by atoms with Crippen LogP contribution in [0, 0.1) is 6.92 Å². The summed E-state index contributed by atoms with van der Waals surface area (Å²) in [5.74, 6) is -1.94. The van der Waals surface area contributed by atoms with Gasteiger partial charge in [0.1, 0.15) is 5.00 Å². The van der Waals surface area contributed by atoms with Gasteiger partial charge in [-0.3, -0.25) is 14.3 Å². The summed E-state index contributed by atoms with van der Waals surface area (Å²) in [6, 6.07) is 0. The molecule has 0 saturated carbocycles. The van der Waals surface area contributed by atoms with Gasteiger partial charge in [0.05, 0.1) is 22.1 Å². The number of ether oxygens (including phenoxy) is 1. The van der Waals surface area contributed by atoms with Crippen LogP contribution >= 0.6 is 22.9 Å². The van der Waals surface area contributed by atoms with Gasteiger partial charge in [-0.25, -0.2) is 4.79 Å². The van der Waals surface area contributed by atoms with Gasteiger partial charge in [-0.1, -0.05) is 11.6 Å². The second-order valence-electron chi connectivity index (χ2n) is 4.98. The maximum Gasteiger partial charge on any atom is 0.341 e. The Kier molecular flexibility index (Phi) is 5.81. The lowest BCUT2D eigenvalue weighted by atomic mass is 10.1. The van der Waals surface area contributed by atoms with Crippen molar-refractivity contribution in [1.82, 2.24) is 9.78 Å². The second kappa shape index (κ2) is 7.66. The molecular weight excluding hydrogens is 368 g/mol. The van der Waals surface area contributed by atoms with Crippen LogP contribution in [0.3, 0.4) is 0 Å². The Bertz CT molecular complexity index is 843. The van der Waals surface area contributed by atoms with Gasteiger partial charge >= 0.3 is 5.97 Å². The third kappa shape index (κ3) is 3.83. The highest BCUT2D eigenvalue weighted by Crippen LogP contribution is 2.34. The normalized spacial score (nSPS) is 10.6. The first-order valence-electron chi connectivity index (χ1n) is 7.44. The van der Waals surface area contributed by atoms with E-state index in [-0.39, 0.29) is 32.8 Å². The van der Waals surface area contributed by atoms with E-state index in [2.05, 4.69) is 10.4 Å². The summed E-state index contributed by atoms with van der Waals surface area (Å²) in [6.45, 7) is 5.78. The van der Waals surface area contributed by atoms with E-state index in [9.17, 15) is 14.4 Å². The number of aromatic nitrogens is 2. The number of nitrogens with two attached hydrogens (primary N) is 1. The van der Waals surface area contributed by atoms with Crippen molar-refractivity contribution >= 4 is 45.7 Å². The van der Waals surface area contributed by atoms with Crippen LogP contribution in [-0.2, 0) is 11.3 Å². The third-order valence-electron chi connectivity index (χ3n) is 3.33. The summed E-state index contributed by atoms with van der Waals surface area (Å²) >= 11 is 6.92. The number of amides is 2. The first-order valence-corrected chi connectivity index (χ1v) is 8.64. The molecule has 134 valence electrons. The first kappa shape index (κ1) is 18.9. The van der Waals surface area contributed by atoms with Crippen LogP contribution in [0.5, 0.6) is 0 Å². The standard InChI is InChI=1S/C15H17ClN4O4S/c1-4-20-6-8(16)10(19-20)13(22)18-14-9(15(23)24-5-2)7(3)11(25-14)12(17)21/h6H,4-5H2,1-3H3,(H2,17,21)(H,18,22). The highest BCUT2D eigenvalue weighted by Gasteiger charge is 2.27. The number of anilines is 1. The molecule has 0 bridgehead atoms. The lowest BCUT2D eigenvalue weighted by Crippen LogP contribution is -2.16. The predicted molar refractivity (Wildman–Crippen MR) is 94.4 cm³/mol. The molecule has 0 aromatic carbocycles. The summed E-state index contributed by atoms with van der Waals surface area (Å²) in [5.41, 5.74) is 5.80. The molecule has 10 heteroatoms. The Morgan fingerprint density at radius 1 is 1.40 bits per heavy atom. The number of primary amides is 1. The van der Waals surface area contributed by atoms with Crippen molar-refractivity contribution in [3.8, 4) is 0 Å². The lowest BCUT2D eigenvalue weighted by molar-refractivity contribution is 0.0527. The van der Waals surface area contributed by atoms with Crippen molar-refractivity contribution in [2.24, 2.45) is 5.73 Å². The molecule has 2 aromatic heterocycles.